The van der Waals surface area contributed by atoms with Crippen molar-refractivity contribution in [3.8, 4) is 0 Å². The minimum atomic E-state index is -0.269. The van der Waals surface area contributed by atoms with E-state index in [9.17, 15) is 15.0 Å². The number of aliphatic hydroxyl groups excluding tert-OH is 2. The van der Waals surface area contributed by atoms with Crippen LogP contribution >= 0.6 is 0 Å². The molecule has 0 amide bonds. The van der Waals surface area contributed by atoms with Gasteiger partial charge in [0.25, 0.3) is 0 Å². The number of hydrogen-bond acceptors (Lipinski definition) is 4. The van der Waals surface area contributed by atoms with E-state index in [2.05, 4.69) is 20.8 Å². The van der Waals surface area contributed by atoms with Crippen molar-refractivity contribution in [1.82, 2.24) is 0 Å². The van der Waals surface area contributed by atoms with Crippen LogP contribution < -0.4 is 0 Å². The van der Waals surface area contributed by atoms with E-state index >= 15 is 0 Å². The molecule has 4 aliphatic carbocycles. The lowest BCUT2D eigenvalue weighted by molar-refractivity contribution is -0.184. The van der Waals surface area contributed by atoms with Crippen LogP contribution in [0.4, 0.5) is 0 Å². The number of rotatable bonds is 2. The molecule has 5 rings (SSSR count). The molecule has 0 aromatic heterocycles. The molecule has 0 bridgehead atoms. The second-order valence-corrected chi connectivity index (χ2v) is 12.7. The van der Waals surface area contributed by atoms with Gasteiger partial charge in [-0.25, -0.2) is 0 Å². The topological polar surface area (TPSA) is 66.8 Å². The Morgan fingerprint density at radius 2 is 1.74 bits per heavy atom. The highest BCUT2D eigenvalue weighted by Gasteiger charge is 2.64. The van der Waals surface area contributed by atoms with E-state index in [-0.39, 0.29) is 41.0 Å². The Bertz CT molecular complexity index is 707. The quantitative estimate of drug-likeness (QED) is 0.606. The highest BCUT2D eigenvalue weighted by molar-refractivity contribution is 5.72. The number of hydrogen-bond donors (Lipinski definition) is 2. The summed E-state index contributed by atoms with van der Waals surface area (Å²) in [5, 5.41) is 22.0. The number of fused-ring (bicyclic) bond motifs is 5. The summed E-state index contributed by atoms with van der Waals surface area (Å²) in [6, 6.07) is 0. The summed E-state index contributed by atoms with van der Waals surface area (Å²) in [7, 11) is 0. The van der Waals surface area contributed by atoms with Crippen LogP contribution in [0.3, 0.4) is 0 Å². The average Bonchev–Trinajstić information content (AvgIpc) is 3.09. The molecule has 1 heterocycles. The molecule has 5 fully saturated rings. The molecule has 1 saturated heterocycles. The molecule has 2 N–H and O–H groups in total. The third kappa shape index (κ3) is 3.25. The Morgan fingerprint density at radius 1 is 0.968 bits per heavy atom. The van der Waals surface area contributed by atoms with Gasteiger partial charge in [0.05, 0.1) is 18.1 Å². The standard InChI is InChI=1S/C27H44O4/c1-15-5-10-23(31-25(15)30)16(2)20-8-9-21-19-7-6-17-13-18(28)11-12-26(17,3)22(19)14-24(29)27(20,21)4/h15-24,28-29H,5-14H2,1-4H3/t15-,16+,17-,18-,19-,20-,21-,22-,23+,24+,26+,27-/m1/s1. The molecule has 12 atom stereocenters. The Labute approximate surface area is 188 Å². The summed E-state index contributed by atoms with van der Waals surface area (Å²) >= 11 is 0. The van der Waals surface area contributed by atoms with Crippen molar-refractivity contribution in [3.63, 3.8) is 0 Å². The second-order valence-electron chi connectivity index (χ2n) is 12.7. The first kappa shape index (κ1) is 22.2. The number of ether oxygens (including phenoxy) is 1. The van der Waals surface area contributed by atoms with Crippen LogP contribution in [0, 0.1) is 52.3 Å². The predicted octanol–water partition coefficient (Wildman–Crippen LogP) is 4.95. The molecule has 0 radical (unpaired) electrons. The fourth-order valence-electron chi connectivity index (χ4n) is 9.58. The van der Waals surface area contributed by atoms with Gasteiger partial charge >= 0.3 is 5.97 Å². The van der Waals surface area contributed by atoms with Crippen LogP contribution in [0.5, 0.6) is 0 Å². The maximum absolute atomic E-state index is 12.2. The summed E-state index contributed by atoms with van der Waals surface area (Å²) in [6.07, 6.45) is 10.3. The van der Waals surface area contributed by atoms with E-state index in [1.165, 1.54) is 19.3 Å². The van der Waals surface area contributed by atoms with E-state index in [0.29, 0.717) is 35.5 Å². The lowest BCUT2D eigenvalue weighted by Crippen LogP contribution is -2.59. The van der Waals surface area contributed by atoms with Crippen LogP contribution in [0.2, 0.25) is 0 Å². The van der Waals surface area contributed by atoms with Gasteiger partial charge in [0.1, 0.15) is 6.10 Å². The first-order valence-electron chi connectivity index (χ1n) is 13.2. The summed E-state index contributed by atoms with van der Waals surface area (Å²) in [5.41, 5.74) is 0.219. The average molecular weight is 433 g/mol. The predicted molar refractivity (Wildman–Crippen MR) is 120 cm³/mol. The number of aliphatic hydroxyl groups is 2. The van der Waals surface area contributed by atoms with Gasteiger partial charge in [-0.2, -0.15) is 0 Å². The highest BCUT2D eigenvalue weighted by atomic mass is 16.5. The number of esters is 1. The van der Waals surface area contributed by atoms with Crippen molar-refractivity contribution in [2.45, 2.75) is 110 Å². The van der Waals surface area contributed by atoms with Gasteiger partial charge in [0, 0.05) is 0 Å². The fourth-order valence-corrected chi connectivity index (χ4v) is 9.58. The van der Waals surface area contributed by atoms with Crippen molar-refractivity contribution in [1.29, 1.82) is 0 Å². The zero-order valence-corrected chi connectivity index (χ0v) is 20.1. The van der Waals surface area contributed by atoms with E-state index < -0.39 is 0 Å². The van der Waals surface area contributed by atoms with Gasteiger partial charge in [-0.15, -0.1) is 0 Å². The second kappa shape index (κ2) is 7.72. The van der Waals surface area contributed by atoms with Crippen molar-refractivity contribution in [2.75, 3.05) is 0 Å². The Kier molecular flexibility index (Phi) is 5.53. The van der Waals surface area contributed by atoms with Gasteiger partial charge in [0.15, 0.2) is 0 Å². The molecule has 4 saturated carbocycles. The lowest BCUT2D eigenvalue weighted by Gasteiger charge is -2.62. The largest absolute Gasteiger partial charge is 0.462 e. The molecule has 0 aromatic rings. The maximum atomic E-state index is 12.2. The molecule has 4 nitrogen and oxygen atoms in total. The Balaban J connectivity index is 1.38. The molecule has 0 spiro atoms. The summed E-state index contributed by atoms with van der Waals surface area (Å²) in [5.74, 6) is 3.24. The first-order chi connectivity index (χ1) is 14.7. The van der Waals surface area contributed by atoms with E-state index in [0.717, 1.165) is 44.9 Å². The van der Waals surface area contributed by atoms with Crippen LogP contribution in [0.15, 0.2) is 0 Å². The lowest BCUT2D eigenvalue weighted by atomic mass is 9.43. The minimum absolute atomic E-state index is 0.0160. The summed E-state index contributed by atoms with van der Waals surface area (Å²) < 4.78 is 5.89. The molecule has 4 heteroatoms. The fraction of sp³-hybridized carbons (Fsp3) is 0.963. The van der Waals surface area contributed by atoms with Gasteiger partial charge in [-0.1, -0.05) is 27.7 Å². The molecule has 31 heavy (non-hydrogen) atoms. The van der Waals surface area contributed by atoms with Crippen molar-refractivity contribution in [3.05, 3.63) is 0 Å². The van der Waals surface area contributed by atoms with E-state index in [4.69, 9.17) is 4.74 Å². The van der Waals surface area contributed by atoms with Gasteiger partial charge in [-0.05, 0) is 111 Å². The minimum Gasteiger partial charge on any atom is -0.462 e. The zero-order valence-electron chi connectivity index (χ0n) is 20.1. The summed E-state index contributed by atoms with van der Waals surface area (Å²) in [6.45, 7) is 9.11. The Hall–Kier alpha value is -0.610. The monoisotopic (exact) mass is 432 g/mol. The normalized spacial score (nSPS) is 55.5. The van der Waals surface area contributed by atoms with Crippen molar-refractivity contribution >= 4 is 5.97 Å². The molecular formula is C27H44O4. The van der Waals surface area contributed by atoms with Crippen molar-refractivity contribution < 1.29 is 19.7 Å². The third-order valence-corrected chi connectivity index (χ3v) is 11.6. The van der Waals surface area contributed by atoms with Crippen LogP contribution in [0.1, 0.15) is 91.9 Å². The molecular weight excluding hydrogens is 388 g/mol. The van der Waals surface area contributed by atoms with E-state index in [1.807, 2.05) is 6.92 Å². The zero-order chi connectivity index (χ0) is 22.1. The maximum Gasteiger partial charge on any atom is 0.308 e. The smallest absolute Gasteiger partial charge is 0.308 e. The number of carbonyl (C=O) groups is 1. The van der Waals surface area contributed by atoms with E-state index in [1.54, 1.807) is 0 Å². The van der Waals surface area contributed by atoms with Crippen LogP contribution in [-0.4, -0.2) is 34.5 Å². The van der Waals surface area contributed by atoms with Crippen molar-refractivity contribution in [2.24, 2.45) is 52.3 Å². The van der Waals surface area contributed by atoms with Crippen LogP contribution in [0.25, 0.3) is 0 Å². The van der Waals surface area contributed by atoms with Gasteiger partial charge in [-0.3, -0.25) is 4.79 Å². The number of carbonyl (C=O) groups excluding carboxylic acids is 1. The Morgan fingerprint density at radius 3 is 2.48 bits per heavy atom. The number of cyclic esters (lactones) is 1. The molecule has 176 valence electrons. The molecule has 1 aliphatic heterocycles. The van der Waals surface area contributed by atoms with Gasteiger partial charge in [0.2, 0.25) is 0 Å². The first-order valence-corrected chi connectivity index (χ1v) is 13.2. The van der Waals surface area contributed by atoms with Gasteiger partial charge < -0.3 is 14.9 Å². The molecule has 5 aliphatic rings. The molecule has 0 aromatic carbocycles. The van der Waals surface area contributed by atoms with Crippen LogP contribution in [-0.2, 0) is 9.53 Å². The third-order valence-electron chi connectivity index (χ3n) is 11.6. The SMILES string of the molecule is C[C@H]([C@@H]1CC[C@@H](C)C(=O)O1)[C@H]1CC[C@@H]2[C@H]3CC[C@@H]4C[C@H](O)CC[C@]4(C)[C@@H]3C[C@H](O)[C@]12C. The summed E-state index contributed by atoms with van der Waals surface area (Å²) in [4.78, 5) is 12.2. The molecule has 0 unspecified atom stereocenters. The highest BCUT2D eigenvalue weighted by Crippen LogP contribution is 2.68.